The van der Waals surface area contributed by atoms with Crippen LogP contribution in [0.5, 0.6) is 0 Å². The number of halogens is 2. The molecule has 1 saturated carbocycles. The highest BCUT2D eigenvalue weighted by Gasteiger charge is 2.27. The molecule has 3 aromatic rings. The minimum atomic E-state index is -0.718. The van der Waals surface area contributed by atoms with Crippen LogP contribution in [-0.4, -0.2) is 30.8 Å². The molecule has 0 atom stereocenters. The molecule has 0 unspecified atom stereocenters. The molecular formula is C24H29Cl2N5O2. The average Bonchev–Trinajstić information content (AvgIpc) is 3.10. The Bertz CT molecular complexity index is 1160. The Morgan fingerprint density at radius 2 is 1.94 bits per heavy atom. The van der Waals surface area contributed by atoms with Crippen LogP contribution in [0.3, 0.4) is 0 Å². The van der Waals surface area contributed by atoms with Gasteiger partial charge in [-0.15, -0.1) is 0 Å². The number of aromatic nitrogens is 4. The standard InChI is InChI=1S/C24H29Cl2N5O2/c1-3-4-19-21-22(31(2)30-19)24(27-13-15-7-10-17(25)18(26)11-15)29-23(28-21)16-8-5-14(6-9-16)12-20(32)33/h7,10-11,14,16H,3-6,8-9,12-13H2,1-2H3,(H,32,33)(H,27,28,29). The van der Waals surface area contributed by atoms with E-state index in [1.807, 2.05) is 23.9 Å². The van der Waals surface area contributed by atoms with Gasteiger partial charge in [0.2, 0.25) is 0 Å². The van der Waals surface area contributed by atoms with Crippen molar-refractivity contribution in [3.8, 4) is 0 Å². The fraction of sp³-hybridized carbons (Fsp3) is 0.500. The van der Waals surface area contributed by atoms with Crippen molar-refractivity contribution in [1.82, 2.24) is 19.7 Å². The van der Waals surface area contributed by atoms with Gasteiger partial charge in [-0.05, 0) is 55.7 Å². The number of rotatable bonds is 8. The lowest BCUT2D eigenvalue weighted by Gasteiger charge is -2.27. The van der Waals surface area contributed by atoms with E-state index in [1.54, 1.807) is 6.07 Å². The van der Waals surface area contributed by atoms with Crippen molar-refractivity contribution in [2.45, 2.75) is 64.3 Å². The Morgan fingerprint density at radius 1 is 1.18 bits per heavy atom. The predicted molar refractivity (Wildman–Crippen MR) is 131 cm³/mol. The molecule has 0 amide bonds. The molecule has 2 N–H and O–H groups in total. The smallest absolute Gasteiger partial charge is 0.303 e. The number of aliphatic carboxylic acids is 1. The van der Waals surface area contributed by atoms with E-state index in [1.165, 1.54) is 0 Å². The van der Waals surface area contributed by atoms with Gasteiger partial charge in [-0.25, -0.2) is 9.97 Å². The summed E-state index contributed by atoms with van der Waals surface area (Å²) < 4.78 is 1.85. The van der Waals surface area contributed by atoms with Crippen molar-refractivity contribution >= 4 is 46.0 Å². The number of nitrogens with one attached hydrogen (secondary N) is 1. The monoisotopic (exact) mass is 489 g/mol. The third kappa shape index (κ3) is 5.41. The van der Waals surface area contributed by atoms with E-state index in [4.69, 9.17) is 43.4 Å². The van der Waals surface area contributed by atoms with Crippen molar-refractivity contribution in [3.05, 3.63) is 45.3 Å². The van der Waals surface area contributed by atoms with Crippen molar-refractivity contribution in [3.63, 3.8) is 0 Å². The average molecular weight is 490 g/mol. The number of benzene rings is 1. The molecule has 176 valence electrons. The molecule has 0 radical (unpaired) electrons. The van der Waals surface area contributed by atoms with Crippen LogP contribution in [0, 0.1) is 5.92 Å². The van der Waals surface area contributed by atoms with Crippen LogP contribution in [-0.2, 0) is 24.8 Å². The zero-order valence-corrected chi connectivity index (χ0v) is 20.5. The summed E-state index contributed by atoms with van der Waals surface area (Å²) in [6.45, 7) is 2.68. The summed E-state index contributed by atoms with van der Waals surface area (Å²) in [5.74, 6) is 1.32. The highest BCUT2D eigenvalue weighted by molar-refractivity contribution is 6.42. The lowest BCUT2D eigenvalue weighted by molar-refractivity contribution is -0.138. The van der Waals surface area contributed by atoms with Crippen molar-refractivity contribution in [1.29, 1.82) is 0 Å². The van der Waals surface area contributed by atoms with Gasteiger partial charge in [0.25, 0.3) is 0 Å². The molecule has 9 heteroatoms. The summed E-state index contributed by atoms with van der Waals surface area (Å²) in [5.41, 5.74) is 3.77. The molecule has 1 fully saturated rings. The second-order valence-corrected chi connectivity index (χ2v) is 9.68. The van der Waals surface area contributed by atoms with Crippen LogP contribution >= 0.6 is 23.2 Å². The van der Waals surface area contributed by atoms with Gasteiger partial charge in [-0.1, -0.05) is 42.6 Å². The van der Waals surface area contributed by atoms with Gasteiger partial charge < -0.3 is 10.4 Å². The van der Waals surface area contributed by atoms with Crippen LogP contribution < -0.4 is 5.32 Å². The first kappa shape index (κ1) is 23.8. The van der Waals surface area contributed by atoms with E-state index in [2.05, 4.69) is 12.2 Å². The van der Waals surface area contributed by atoms with Gasteiger partial charge in [-0.2, -0.15) is 5.10 Å². The normalized spacial score (nSPS) is 18.5. The summed E-state index contributed by atoms with van der Waals surface area (Å²) in [6, 6.07) is 5.59. The highest BCUT2D eigenvalue weighted by Crippen LogP contribution is 2.37. The largest absolute Gasteiger partial charge is 0.481 e. The zero-order valence-electron chi connectivity index (χ0n) is 18.9. The molecule has 0 saturated heterocycles. The van der Waals surface area contributed by atoms with Crippen LogP contribution in [0.4, 0.5) is 5.82 Å². The minimum absolute atomic E-state index is 0.222. The molecule has 33 heavy (non-hydrogen) atoms. The summed E-state index contributed by atoms with van der Waals surface area (Å²) in [4.78, 5) is 21.0. The maximum Gasteiger partial charge on any atom is 0.303 e. The first-order chi connectivity index (χ1) is 15.9. The Labute approximate surface area is 203 Å². The van der Waals surface area contributed by atoms with Crippen molar-refractivity contribution in [2.75, 3.05) is 5.32 Å². The topological polar surface area (TPSA) is 92.9 Å². The molecule has 1 aromatic carbocycles. The maximum atomic E-state index is 11.1. The second kappa shape index (κ2) is 10.3. The molecule has 7 nitrogen and oxygen atoms in total. The van der Waals surface area contributed by atoms with Crippen LogP contribution in [0.2, 0.25) is 10.0 Å². The minimum Gasteiger partial charge on any atom is -0.481 e. The second-order valence-electron chi connectivity index (χ2n) is 8.87. The molecule has 0 bridgehead atoms. The number of fused-ring (bicyclic) bond motifs is 1. The first-order valence-corrected chi connectivity index (χ1v) is 12.2. The van der Waals surface area contributed by atoms with E-state index in [-0.39, 0.29) is 18.3 Å². The molecule has 0 spiro atoms. The Morgan fingerprint density at radius 3 is 2.61 bits per heavy atom. The van der Waals surface area contributed by atoms with Gasteiger partial charge >= 0.3 is 5.97 Å². The van der Waals surface area contributed by atoms with Gasteiger partial charge in [0.05, 0.1) is 15.7 Å². The Kier molecular flexibility index (Phi) is 7.39. The number of hydrogen-bond acceptors (Lipinski definition) is 5. The van der Waals surface area contributed by atoms with Gasteiger partial charge in [0.15, 0.2) is 5.82 Å². The maximum absolute atomic E-state index is 11.1. The van der Waals surface area contributed by atoms with Crippen molar-refractivity contribution in [2.24, 2.45) is 13.0 Å². The van der Waals surface area contributed by atoms with E-state index in [9.17, 15) is 4.79 Å². The fourth-order valence-electron chi connectivity index (χ4n) is 4.68. The van der Waals surface area contributed by atoms with E-state index < -0.39 is 5.97 Å². The third-order valence-electron chi connectivity index (χ3n) is 6.37. The number of aryl methyl sites for hydroxylation is 2. The number of hydrogen-bond donors (Lipinski definition) is 2. The third-order valence-corrected chi connectivity index (χ3v) is 7.11. The predicted octanol–water partition coefficient (Wildman–Crippen LogP) is 5.98. The fourth-order valence-corrected chi connectivity index (χ4v) is 5.00. The molecular weight excluding hydrogens is 461 g/mol. The summed E-state index contributed by atoms with van der Waals surface area (Å²) >= 11 is 12.2. The number of carboxylic acid groups (broad SMARTS) is 1. The summed E-state index contributed by atoms with van der Waals surface area (Å²) in [5, 5.41) is 18.4. The number of nitrogens with zero attached hydrogens (tertiary/aromatic N) is 4. The quantitative estimate of drug-likeness (QED) is 0.403. The van der Waals surface area contributed by atoms with Crippen LogP contribution in [0.25, 0.3) is 11.0 Å². The van der Waals surface area contributed by atoms with Crippen LogP contribution in [0.15, 0.2) is 18.2 Å². The van der Waals surface area contributed by atoms with E-state index in [0.717, 1.165) is 72.5 Å². The molecule has 4 rings (SSSR count). The Hall–Kier alpha value is -2.38. The molecule has 1 aliphatic rings. The molecule has 0 aliphatic heterocycles. The van der Waals surface area contributed by atoms with Gasteiger partial charge in [0, 0.05) is 25.9 Å². The SMILES string of the molecule is CCCc1nn(C)c2c(NCc3ccc(Cl)c(Cl)c3)nc(C3CCC(CC(=O)O)CC3)nc12. The molecule has 1 aliphatic carbocycles. The number of carbonyl (C=O) groups is 1. The number of carboxylic acids is 1. The first-order valence-electron chi connectivity index (χ1n) is 11.5. The summed E-state index contributed by atoms with van der Waals surface area (Å²) in [7, 11) is 1.92. The van der Waals surface area contributed by atoms with Gasteiger partial charge in [0.1, 0.15) is 16.9 Å². The molecule has 2 aromatic heterocycles. The molecule has 2 heterocycles. The van der Waals surface area contributed by atoms with E-state index in [0.29, 0.717) is 16.6 Å². The van der Waals surface area contributed by atoms with E-state index >= 15 is 0 Å². The lowest BCUT2D eigenvalue weighted by atomic mass is 9.80. The Balaban J connectivity index is 1.64. The van der Waals surface area contributed by atoms with Crippen LogP contribution in [0.1, 0.15) is 68.4 Å². The summed E-state index contributed by atoms with van der Waals surface area (Å²) in [6.07, 6.45) is 5.66. The van der Waals surface area contributed by atoms with Gasteiger partial charge in [-0.3, -0.25) is 9.48 Å². The van der Waals surface area contributed by atoms with Crippen molar-refractivity contribution < 1.29 is 9.90 Å². The zero-order chi connectivity index (χ0) is 23.5. The number of anilines is 1. The lowest BCUT2D eigenvalue weighted by Crippen LogP contribution is -2.18. The highest BCUT2D eigenvalue weighted by atomic mass is 35.5.